The number of halogens is 1. The first-order valence-electron chi connectivity index (χ1n) is 5.70. The number of benzene rings is 1. The SMILES string of the molecule is CNC(CCc1cc(Br)ccc1OC)COC. The highest BCUT2D eigenvalue weighted by Gasteiger charge is 2.09. The Labute approximate surface area is 112 Å². The molecule has 1 aromatic carbocycles. The van der Waals surface area contributed by atoms with E-state index in [0.29, 0.717) is 6.04 Å². The molecule has 1 rings (SSSR count). The van der Waals surface area contributed by atoms with Crippen LogP contribution in [0, 0.1) is 0 Å². The summed E-state index contributed by atoms with van der Waals surface area (Å²) < 4.78 is 11.6. The molecule has 96 valence electrons. The molecule has 0 bridgehead atoms. The van der Waals surface area contributed by atoms with Crippen LogP contribution in [0.25, 0.3) is 0 Å². The van der Waals surface area contributed by atoms with Gasteiger partial charge in [-0.15, -0.1) is 0 Å². The molecule has 0 amide bonds. The van der Waals surface area contributed by atoms with Crippen molar-refractivity contribution in [3.8, 4) is 5.75 Å². The van der Waals surface area contributed by atoms with Gasteiger partial charge in [-0.3, -0.25) is 0 Å². The predicted octanol–water partition coefficient (Wildman–Crippen LogP) is 2.62. The second-order valence-electron chi connectivity index (χ2n) is 3.94. The van der Waals surface area contributed by atoms with Gasteiger partial charge in [0.15, 0.2) is 0 Å². The van der Waals surface area contributed by atoms with Gasteiger partial charge >= 0.3 is 0 Å². The summed E-state index contributed by atoms with van der Waals surface area (Å²) in [6.45, 7) is 0.729. The maximum absolute atomic E-state index is 5.35. The van der Waals surface area contributed by atoms with Crippen LogP contribution in [0.4, 0.5) is 0 Å². The fourth-order valence-corrected chi connectivity index (χ4v) is 2.19. The molecular formula is C13H20BrNO2. The van der Waals surface area contributed by atoms with Crippen LogP contribution in [0.5, 0.6) is 5.75 Å². The molecule has 0 saturated heterocycles. The maximum Gasteiger partial charge on any atom is 0.122 e. The van der Waals surface area contributed by atoms with E-state index < -0.39 is 0 Å². The number of hydrogen-bond acceptors (Lipinski definition) is 3. The largest absolute Gasteiger partial charge is 0.496 e. The van der Waals surface area contributed by atoms with Gasteiger partial charge in [-0.1, -0.05) is 15.9 Å². The molecule has 0 spiro atoms. The topological polar surface area (TPSA) is 30.5 Å². The highest BCUT2D eigenvalue weighted by atomic mass is 79.9. The van der Waals surface area contributed by atoms with Crippen molar-refractivity contribution in [3.05, 3.63) is 28.2 Å². The molecule has 4 heteroatoms. The fourth-order valence-electron chi connectivity index (χ4n) is 1.78. The van der Waals surface area contributed by atoms with Crippen molar-refractivity contribution in [2.45, 2.75) is 18.9 Å². The molecule has 0 fully saturated rings. The van der Waals surface area contributed by atoms with Gasteiger partial charge in [-0.2, -0.15) is 0 Å². The van der Waals surface area contributed by atoms with Crippen LogP contribution < -0.4 is 10.1 Å². The Morgan fingerprint density at radius 3 is 2.71 bits per heavy atom. The Kier molecular flexibility index (Phi) is 6.55. The third-order valence-corrected chi connectivity index (χ3v) is 3.27. The van der Waals surface area contributed by atoms with Gasteiger partial charge in [0.05, 0.1) is 13.7 Å². The molecule has 17 heavy (non-hydrogen) atoms. The van der Waals surface area contributed by atoms with Crippen molar-refractivity contribution in [2.75, 3.05) is 27.9 Å². The monoisotopic (exact) mass is 301 g/mol. The average Bonchev–Trinajstić information content (AvgIpc) is 2.34. The Bertz CT molecular complexity index is 344. The quantitative estimate of drug-likeness (QED) is 0.840. The van der Waals surface area contributed by atoms with Crippen molar-refractivity contribution in [2.24, 2.45) is 0 Å². The third kappa shape index (κ3) is 4.66. The minimum absolute atomic E-state index is 0.378. The zero-order valence-corrected chi connectivity index (χ0v) is 12.2. The number of methoxy groups -OCH3 is 2. The number of nitrogens with one attached hydrogen (secondary N) is 1. The summed E-state index contributed by atoms with van der Waals surface area (Å²) in [5.74, 6) is 0.945. The molecule has 0 aliphatic rings. The van der Waals surface area contributed by atoms with Crippen molar-refractivity contribution in [1.82, 2.24) is 5.32 Å². The van der Waals surface area contributed by atoms with E-state index in [0.717, 1.165) is 29.7 Å². The van der Waals surface area contributed by atoms with Gasteiger partial charge < -0.3 is 14.8 Å². The highest BCUT2D eigenvalue weighted by Crippen LogP contribution is 2.24. The van der Waals surface area contributed by atoms with Crippen molar-refractivity contribution in [1.29, 1.82) is 0 Å². The molecule has 0 aliphatic heterocycles. The Morgan fingerprint density at radius 1 is 1.35 bits per heavy atom. The predicted molar refractivity (Wildman–Crippen MR) is 73.7 cm³/mol. The Hall–Kier alpha value is -0.580. The molecule has 1 aromatic rings. The van der Waals surface area contributed by atoms with Crippen molar-refractivity contribution >= 4 is 15.9 Å². The molecule has 1 N–H and O–H groups in total. The Balaban J connectivity index is 2.63. The molecule has 1 unspecified atom stereocenters. The fraction of sp³-hybridized carbons (Fsp3) is 0.538. The van der Waals surface area contributed by atoms with E-state index in [1.54, 1.807) is 14.2 Å². The molecule has 0 heterocycles. The van der Waals surface area contributed by atoms with E-state index in [4.69, 9.17) is 9.47 Å². The number of ether oxygens (including phenoxy) is 2. The minimum Gasteiger partial charge on any atom is -0.496 e. The zero-order chi connectivity index (χ0) is 12.7. The van der Waals surface area contributed by atoms with Crippen LogP contribution in [-0.2, 0) is 11.2 Å². The van der Waals surface area contributed by atoms with E-state index in [9.17, 15) is 0 Å². The Morgan fingerprint density at radius 2 is 2.12 bits per heavy atom. The van der Waals surface area contributed by atoms with Gasteiger partial charge in [0.25, 0.3) is 0 Å². The summed E-state index contributed by atoms with van der Waals surface area (Å²) in [4.78, 5) is 0. The van der Waals surface area contributed by atoms with E-state index in [1.165, 1.54) is 5.56 Å². The first-order valence-corrected chi connectivity index (χ1v) is 6.49. The number of aryl methyl sites for hydroxylation is 1. The number of rotatable bonds is 7. The van der Waals surface area contributed by atoms with Gasteiger partial charge in [-0.05, 0) is 43.7 Å². The smallest absolute Gasteiger partial charge is 0.122 e. The lowest BCUT2D eigenvalue weighted by molar-refractivity contribution is 0.166. The summed E-state index contributed by atoms with van der Waals surface area (Å²) in [5.41, 5.74) is 1.22. The van der Waals surface area contributed by atoms with Crippen LogP contribution in [-0.4, -0.2) is 33.9 Å². The second-order valence-corrected chi connectivity index (χ2v) is 4.85. The van der Waals surface area contributed by atoms with E-state index in [-0.39, 0.29) is 0 Å². The molecule has 1 atom stereocenters. The summed E-state index contributed by atoms with van der Waals surface area (Å²) in [6.07, 6.45) is 1.99. The average molecular weight is 302 g/mol. The molecule has 3 nitrogen and oxygen atoms in total. The number of hydrogen-bond donors (Lipinski definition) is 1. The molecule has 0 radical (unpaired) electrons. The van der Waals surface area contributed by atoms with Crippen LogP contribution in [0.15, 0.2) is 22.7 Å². The highest BCUT2D eigenvalue weighted by molar-refractivity contribution is 9.10. The molecule has 0 aliphatic carbocycles. The van der Waals surface area contributed by atoms with Gasteiger partial charge in [0.2, 0.25) is 0 Å². The number of likely N-dealkylation sites (N-methyl/N-ethyl adjacent to an activating group) is 1. The van der Waals surface area contributed by atoms with Gasteiger partial charge in [0, 0.05) is 17.6 Å². The van der Waals surface area contributed by atoms with E-state index in [1.807, 2.05) is 19.2 Å². The minimum atomic E-state index is 0.378. The second kappa shape index (κ2) is 7.69. The first kappa shape index (κ1) is 14.5. The standard InChI is InChI=1S/C13H20BrNO2/c1-15-12(9-16-2)6-4-10-8-11(14)5-7-13(10)17-3/h5,7-8,12,15H,4,6,9H2,1-3H3. The van der Waals surface area contributed by atoms with Crippen LogP contribution in [0.3, 0.4) is 0 Å². The van der Waals surface area contributed by atoms with Gasteiger partial charge in [-0.25, -0.2) is 0 Å². The maximum atomic E-state index is 5.35. The first-order chi connectivity index (χ1) is 8.21. The summed E-state index contributed by atoms with van der Waals surface area (Å²) >= 11 is 3.48. The third-order valence-electron chi connectivity index (χ3n) is 2.78. The normalized spacial score (nSPS) is 12.5. The van der Waals surface area contributed by atoms with Crippen LogP contribution in [0.1, 0.15) is 12.0 Å². The van der Waals surface area contributed by atoms with Crippen LogP contribution >= 0.6 is 15.9 Å². The van der Waals surface area contributed by atoms with E-state index in [2.05, 4.69) is 27.3 Å². The molecule has 0 aromatic heterocycles. The molecular weight excluding hydrogens is 282 g/mol. The lowest BCUT2D eigenvalue weighted by Crippen LogP contribution is -2.30. The van der Waals surface area contributed by atoms with Crippen molar-refractivity contribution in [3.63, 3.8) is 0 Å². The van der Waals surface area contributed by atoms with Gasteiger partial charge in [0.1, 0.15) is 5.75 Å². The molecule has 0 saturated carbocycles. The lowest BCUT2D eigenvalue weighted by Gasteiger charge is -2.16. The summed E-state index contributed by atoms with van der Waals surface area (Å²) in [6, 6.07) is 6.47. The summed E-state index contributed by atoms with van der Waals surface area (Å²) in [5, 5.41) is 3.25. The summed E-state index contributed by atoms with van der Waals surface area (Å²) in [7, 11) is 5.39. The zero-order valence-electron chi connectivity index (χ0n) is 10.6. The van der Waals surface area contributed by atoms with E-state index >= 15 is 0 Å². The lowest BCUT2D eigenvalue weighted by atomic mass is 10.0. The van der Waals surface area contributed by atoms with Crippen molar-refractivity contribution < 1.29 is 9.47 Å². The van der Waals surface area contributed by atoms with Crippen LogP contribution in [0.2, 0.25) is 0 Å².